The van der Waals surface area contributed by atoms with E-state index >= 15 is 0 Å². The Morgan fingerprint density at radius 2 is 2.12 bits per heavy atom. The minimum Gasteiger partial charge on any atom is -0.353 e. The second-order valence-electron chi connectivity index (χ2n) is 4.26. The summed E-state index contributed by atoms with van der Waals surface area (Å²) in [5, 5.41) is 9.59. The van der Waals surface area contributed by atoms with E-state index in [1.54, 1.807) is 0 Å². The van der Waals surface area contributed by atoms with Crippen LogP contribution in [0.4, 0.5) is 5.82 Å². The molecule has 2 aromatic rings. The van der Waals surface area contributed by atoms with Crippen molar-refractivity contribution in [3.05, 3.63) is 30.3 Å². The van der Waals surface area contributed by atoms with E-state index in [2.05, 4.69) is 27.2 Å². The van der Waals surface area contributed by atoms with E-state index in [0.717, 1.165) is 36.2 Å². The molecule has 1 saturated heterocycles. The summed E-state index contributed by atoms with van der Waals surface area (Å²) in [4.78, 5) is 2.20. The van der Waals surface area contributed by atoms with E-state index in [4.69, 9.17) is 5.73 Å². The standard InChI is InChI=1S/C12H14N4/c13-10-5-6-16(8-10)12-7-9-3-1-2-4-11(9)14-15-12/h1-4,7,10H,5-6,8,13H2. The van der Waals surface area contributed by atoms with Crippen LogP contribution in [0.25, 0.3) is 10.9 Å². The summed E-state index contributed by atoms with van der Waals surface area (Å²) in [6, 6.07) is 10.4. The third kappa shape index (κ3) is 1.61. The lowest BCUT2D eigenvalue weighted by molar-refractivity contribution is 0.751. The predicted octanol–water partition coefficient (Wildman–Crippen LogP) is 1.17. The number of benzene rings is 1. The molecular formula is C12H14N4. The Kier molecular flexibility index (Phi) is 2.22. The Hall–Kier alpha value is -1.68. The first-order valence-electron chi connectivity index (χ1n) is 5.56. The number of fused-ring (bicyclic) bond motifs is 1. The summed E-state index contributed by atoms with van der Waals surface area (Å²) < 4.78 is 0. The van der Waals surface area contributed by atoms with Gasteiger partial charge in [-0.3, -0.25) is 0 Å². The first kappa shape index (κ1) is 9.54. The van der Waals surface area contributed by atoms with E-state index in [1.165, 1.54) is 0 Å². The van der Waals surface area contributed by atoms with Gasteiger partial charge in [0.25, 0.3) is 0 Å². The van der Waals surface area contributed by atoms with E-state index in [-0.39, 0.29) is 6.04 Å². The van der Waals surface area contributed by atoms with Crippen molar-refractivity contribution in [2.75, 3.05) is 18.0 Å². The van der Waals surface area contributed by atoms with E-state index in [1.807, 2.05) is 18.2 Å². The smallest absolute Gasteiger partial charge is 0.151 e. The van der Waals surface area contributed by atoms with Crippen LogP contribution in [0, 0.1) is 0 Å². The lowest BCUT2D eigenvalue weighted by atomic mass is 10.2. The van der Waals surface area contributed by atoms with Crippen LogP contribution in [0.5, 0.6) is 0 Å². The molecule has 4 heteroatoms. The summed E-state index contributed by atoms with van der Waals surface area (Å²) in [7, 11) is 0. The van der Waals surface area contributed by atoms with Gasteiger partial charge in [-0.2, -0.15) is 0 Å². The molecule has 1 aromatic carbocycles. The number of aromatic nitrogens is 2. The molecule has 0 saturated carbocycles. The number of nitrogens with two attached hydrogens (primary N) is 1. The second-order valence-corrected chi connectivity index (χ2v) is 4.26. The monoisotopic (exact) mass is 214 g/mol. The third-order valence-corrected chi connectivity index (χ3v) is 3.03. The molecule has 1 fully saturated rings. The molecule has 2 N–H and O–H groups in total. The zero-order valence-electron chi connectivity index (χ0n) is 9.00. The van der Waals surface area contributed by atoms with Crippen LogP contribution in [0.1, 0.15) is 6.42 Å². The fourth-order valence-electron chi connectivity index (χ4n) is 2.12. The van der Waals surface area contributed by atoms with Gasteiger partial charge in [-0.1, -0.05) is 18.2 Å². The SMILES string of the molecule is NC1CCN(c2cc3ccccc3nn2)C1. The molecule has 2 heterocycles. The van der Waals surface area contributed by atoms with Crippen molar-refractivity contribution in [1.29, 1.82) is 0 Å². The number of anilines is 1. The minimum absolute atomic E-state index is 0.272. The van der Waals surface area contributed by atoms with Gasteiger partial charge in [-0.05, 0) is 18.6 Å². The van der Waals surface area contributed by atoms with E-state index in [9.17, 15) is 0 Å². The number of rotatable bonds is 1. The maximum Gasteiger partial charge on any atom is 0.151 e. The molecule has 1 aliphatic heterocycles. The van der Waals surface area contributed by atoms with Gasteiger partial charge >= 0.3 is 0 Å². The van der Waals surface area contributed by atoms with Crippen LogP contribution in [-0.2, 0) is 0 Å². The van der Waals surface area contributed by atoms with Crippen molar-refractivity contribution in [3.8, 4) is 0 Å². The Morgan fingerprint density at radius 1 is 1.25 bits per heavy atom. The number of hydrogen-bond donors (Lipinski definition) is 1. The molecular weight excluding hydrogens is 200 g/mol. The zero-order chi connectivity index (χ0) is 11.0. The molecule has 4 nitrogen and oxygen atoms in total. The maximum absolute atomic E-state index is 5.89. The van der Waals surface area contributed by atoms with Crippen LogP contribution in [0.2, 0.25) is 0 Å². The van der Waals surface area contributed by atoms with E-state index in [0.29, 0.717) is 0 Å². The first-order chi connectivity index (χ1) is 7.83. The molecule has 0 aliphatic carbocycles. The van der Waals surface area contributed by atoms with Gasteiger partial charge in [0.15, 0.2) is 5.82 Å². The Balaban J connectivity index is 1.99. The van der Waals surface area contributed by atoms with Crippen molar-refractivity contribution in [2.45, 2.75) is 12.5 Å². The fourth-order valence-corrected chi connectivity index (χ4v) is 2.12. The fraction of sp³-hybridized carbons (Fsp3) is 0.333. The molecule has 0 amide bonds. The van der Waals surface area contributed by atoms with Crippen molar-refractivity contribution < 1.29 is 0 Å². The lowest BCUT2D eigenvalue weighted by Gasteiger charge is -2.16. The quantitative estimate of drug-likeness (QED) is 0.774. The summed E-state index contributed by atoms with van der Waals surface area (Å²) in [6.07, 6.45) is 1.04. The molecule has 0 radical (unpaired) electrons. The van der Waals surface area contributed by atoms with Gasteiger partial charge < -0.3 is 10.6 Å². The predicted molar refractivity (Wildman–Crippen MR) is 64.3 cm³/mol. The van der Waals surface area contributed by atoms with Gasteiger partial charge in [0, 0.05) is 24.5 Å². The largest absolute Gasteiger partial charge is 0.353 e. The van der Waals surface area contributed by atoms with Gasteiger partial charge in [-0.15, -0.1) is 10.2 Å². The molecule has 1 aliphatic rings. The van der Waals surface area contributed by atoms with Crippen molar-refractivity contribution >= 4 is 16.7 Å². The van der Waals surface area contributed by atoms with Gasteiger partial charge in [-0.25, -0.2) is 0 Å². The Bertz CT molecular complexity index is 511. The molecule has 1 aromatic heterocycles. The zero-order valence-corrected chi connectivity index (χ0v) is 9.00. The third-order valence-electron chi connectivity index (χ3n) is 3.03. The Morgan fingerprint density at radius 3 is 2.94 bits per heavy atom. The van der Waals surface area contributed by atoms with Crippen LogP contribution in [0.15, 0.2) is 30.3 Å². The van der Waals surface area contributed by atoms with Crippen LogP contribution in [0.3, 0.4) is 0 Å². The lowest BCUT2D eigenvalue weighted by Crippen LogP contribution is -2.27. The maximum atomic E-state index is 5.89. The van der Waals surface area contributed by atoms with Gasteiger partial charge in [0.2, 0.25) is 0 Å². The summed E-state index contributed by atoms with van der Waals surface area (Å²) in [5.74, 6) is 0.937. The average Bonchev–Trinajstić information content (AvgIpc) is 2.75. The summed E-state index contributed by atoms with van der Waals surface area (Å²) >= 11 is 0. The minimum atomic E-state index is 0.272. The van der Waals surface area contributed by atoms with Crippen LogP contribution >= 0.6 is 0 Å². The molecule has 82 valence electrons. The molecule has 0 bridgehead atoms. The number of hydrogen-bond acceptors (Lipinski definition) is 4. The number of nitrogens with zero attached hydrogens (tertiary/aromatic N) is 3. The highest BCUT2D eigenvalue weighted by atomic mass is 15.3. The highest BCUT2D eigenvalue weighted by Gasteiger charge is 2.20. The van der Waals surface area contributed by atoms with Gasteiger partial charge in [0.05, 0.1) is 5.52 Å². The molecule has 0 spiro atoms. The Labute approximate surface area is 94.1 Å². The average molecular weight is 214 g/mol. The second kappa shape index (κ2) is 3.72. The highest BCUT2D eigenvalue weighted by Crippen LogP contribution is 2.20. The first-order valence-corrected chi connectivity index (χ1v) is 5.56. The topological polar surface area (TPSA) is 55.0 Å². The van der Waals surface area contributed by atoms with Crippen LogP contribution in [-0.4, -0.2) is 29.3 Å². The summed E-state index contributed by atoms with van der Waals surface area (Å²) in [5.41, 5.74) is 6.82. The molecule has 3 rings (SSSR count). The molecule has 16 heavy (non-hydrogen) atoms. The van der Waals surface area contributed by atoms with Crippen molar-refractivity contribution in [1.82, 2.24) is 10.2 Å². The van der Waals surface area contributed by atoms with Crippen molar-refractivity contribution in [3.63, 3.8) is 0 Å². The highest BCUT2D eigenvalue weighted by molar-refractivity contribution is 5.80. The molecule has 1 atom stereocenters. The van der Waals surface area contributed by atoms with E-state index < -0.39 is 0 Å². The normalized spacial score (nSPS) is 20.6. The molecule has 1 unspecified atom stereocenters. The summed E-state index contributed by atoms with van der Waals surface area (Å²) in [6.45, 7) is 1.86. The van der Waals surface area contributed by atoms with Crippen molar-refractivity contribution in [2.24, 2.45) is 5.73 Å². The van der Waals surface area contributed by atoms with Crippen LogP contribution < -0.4 is 10.6 Å². The van der Waals surface area contributed by atoms with Gasteiger partial charge in [0.1, 0.15) is 0 Å².